The van der Waals surface area contributed by atoms with Gasteiger partial charge < -0.3 is 10.5 Å². The predicted molar refractivity (Wildman–Crippen MR) is 86.8 cm³/mol. The molecule has 29 heavy (non-hydrogen) atoms. The lowest BCUT2D eigenvalue weighted by Crippen LogP contribution is -2.51. The topological polar surface area (TPSA) is 69.2 Å². The normalized spacial score (nSPS) is 25.8. The van der Waals surface area contributed by atoms with Crippen LogP contribution in [0.4, 0.5) is 26.3 Å². The van der Waals surface area contributed by atoms with Crippen molar-refractivity contribution in [2.24, 2.45) is 5.73 Å². The number of nitrogens with zero attached hydrogens (tertiary/aromatic N) is 4. The van der Waals surface area contributed by atoms with Gasteiger partial charge in [0.15, 0.2) is 11.6 Å². The van der Waals surface area contributed by atoms with Crippen LogP contribution in [0.15, 0.2) is 12.1 Å². The van der Waals surface area contributed by atoms with E-state index < -0.39 is 41.6 Å². The number of ether oxygens (including phenoxy) is 1. The molecule has 1 saturated heterocycles. The minimum atomic E-state index is -4.62. The highest BCUT2D eigenvalue weighted by atomic mass is 19.4. The first-order chi connectivity index (χ1) is 13.6. The number of nitrogens with two attached hydrogens (primary N) is 1. The molecule has 3 heterocycles. The van der Waals surface area contributed by atoms with Crippen LogP contribution in [0.1, 0.15) is 29.7 Å². The zero-order valence-corrected chi connectivity index (χ0v) is 15.0. The molecule has 3 atom stereocenters. The zero-order chi connectivity index (χ0) is 20.9. The fourth-order valence-electron chi connectivity index (χ4n) is 3.76. The molecule has 1 aromatic carbocycles. The lowest BCUT2D eigenvalue weighted by atomic mass is 9.93. The molecule has 12 heteroatoms. The van der Waals surface area contributed by atoms with Crippen molar-refractivity contribution in [3.63, 3.8) is 0 Å². The number of hydrogen-bond acceptors (Lipinski definition) is 5. The van der Waals surface area contributed by atoms with Crippen molar-refractivity contribution in [2.75, 3.05) is 13.2 Å². The van der Waals surface area contributed by atoms with Gasteiger partial charge in [0.1, 0.15) is 17.7 Å². The van der Waals surface area contributed by atoms with Crippen LogP contribution in [0.2, 0.25) is 0 Å². The second kappa shape index (κ2) is 7.26. The van der Waals surface area contributed by atoms with Gasteiger partial charge in [-0.3, -0.25) is 4.90 Å². The summed E-state index contributed by atoms with van der Waals surface area (Å²) in [6.07, 6.45) is -5.23. The largest absolute Gasteiger partial charge is 0.453 e. The maximum atomic E-state index is 14.0. The fraction of sp³-hybridized carbons (Fsp3) is 0.529. The molecule has 0 saturated carbocycles. The Morgan fingerprint density at radius 1 is 1.07 bits per heavy atom. The first-order valence-corrected chi connectivity index (χ1v) is 8.90. The summed E-state index contributed by atoms with van der Waals surface area (Å²) in [6, 6.07) is 0.230. The van der Waals surface area contributed by atoms with E-state index in [1.165, 1.54) is 4.68 Å². The number of aromatic nitrogens is 3. The van der Waals surface area contributed by atoms with Crippen molar-refractivity contribution in [3.8, 4) is 0 Å². The van der Waals surface area contributed by atoms with Crippen LogP contribution in [-0.2, 0) is 24.0 Å². The molecule has 2 aliphatic heterocycles. The van der Waals surface area contributed by atoms with Gasteiger partial charge in [-0.05, 0) is 12.5 Å². The Morgan fingerprint density at radius 2 is 1.79 bits per heavy atom. The molecule has 1 aromatic heterocycles. The van der Waals surface area contributed by atoms with E-state index in [1.54, 1.807) is 0 Å². The summed E-state index contributed by atoms with van der Waals surface area (Å²) in [5, 5.41) is 3.48. The Labute approximate surface area is 161 Å². The molecule has 3 unspecified atom stereocenters. The fourth-order valence-corrected chi connectivity index (χ4v) is 3.76. The summed E-state index contributed by atoms with van der Waals surface area (Å²) in [7, 11) is 0. The van der Waals surface area contributed by atoms with Crippen molar-refractivity contribution in [1.29, 1.82) is 0 Å². The van der Waals surface area contributed by atoms with Gasteiger partial charge in [0.2, 0.25) is 0 Å². The molecule has 0 spiro atoms. The monoisotopic (exact) mass is 421 g/mol. The Kier molecular flexibility index (Phi) is 5.03. The average molecular weight is 421 g/mol. The number of alkyl halides is 3. The summed E-state index contributed by atoms with van der Waals surface area (Å²) >= 11 is 0. The minimum absolute atomic E-state index is 0.108. The van der Waals surface area contributed by atoms with Crippen LogP contribution >= 0.6 is 0 Å². The average Bonchev–Trinajstić information content (AvgIpc) is 3.09. The van der Waals surface area contributed by atoms with Gasteiger partial charge >= 0.3 is 6.18 Å². The van der Waals surface area contributed by atoms with E-state index in [2.05, 4.69) is 10.1 Å². The van der Waals surface area contributed by atoms with E-state index >= 15 is 0 Å². The van der Waals surface area contributed by atoms with E-state index in [0.717, 1.165) is 6.07 Å². The summed E-state index contributed by atoms with van der Waals surface area (Å²) in [4.78, 5) is 5.44. The van der Waals surface area contributed by atoms with E-state index in [1.807, 2.05) is 4.90 Å². The van der Waals surface area contributed by atoms with Crippen LogP contribution in [0, 0.1) is 17.5 Å². The zero-order valence-electron chi connectivity index (χ0n) is 15.0. The molecular formula is C17H17F6N5O. The van der Waals surface area contributed by atoms with Crippen LogP contribution in [0.3, 0.4) is 0 Å². The molecule has 2 N–H and O–H groups in total. The molecule has 4 rings (SSSR count). The van der Waals surface area contributed by atoms with Crippen molar-refractivity contribution in [3.05, 3.63) is 46.8 Å². The number of fused-ring (bicyclic) bond motifs is 1. The van der Waals surface area contributed by atoms with E-state index in [9.17, 15) is 26.3 Å². The number of benzene rings is 1. The summed E-state index contributed by atoms with van der Waals surface area (Å²) in [5.74, 6) is -4.45. The summed E-state index contributed by atoms with van der Waals surface area (Å²) in [6.45, 7) is 0.884. The van der Waals surface area contributed by atoms with Crippen molar-refractivity contribution < 1.29 is 31.1 Å². The molecule has 0 radical (unpaired) electrons. The highest BCUT2D eigenvalue weighted by Crippen LogP contribution is 2.33. The third-order valence-corrected chi connectivity index (χ3v) is 5.21. The van der Waals surface area contributed by atoms with Gasteiger partial charge in [0.25, 0.3) is 5.82 Å². The maximum Gasteiger partial charge on any atom is 0.453 e. The highest BCUT2D eigenvalue weighted by Gasteiger charge is 2.40. The molecule has 158 valence electrons. The van der Waals surface area contributed by atoms with Crippen LogP contribution in [-0.4, -0.2) is 44.9 Å². The van der Waals surface area contributed by atoms with Gasteiger partial charge in [-0.2, -0.15) is 13.2 Å². The molecular weight excluding hydrogens is 404 g/mol. The number of hydrogen-bond donors (Lipinski definition) is 1. The van der Waals surface area contributed by atoms with Gasteiger partial charge in [-0.1, -0.05) is 0 Å². The minimum Gasteiger partial charge on any atom is -0.370 e. The van der Waals surface area contributed by atoms with E-state index in [-0.39, 0.29) is 37.1 Å². The molecule has 0 aliphatic carbocycles. The Bertz CT molecular complexity index is 916. The third-order valence-electron chi connectivity index (χ3n) is 5.21. The smallest absolute Gasteiger partial charge is 0.370 e. The summed E-state index contributed by atoms with van der Waals surface area (Å²) in [5.41, 5.74) is 5.94. The van der Waals surface area contributed by atoms with Gasteiger partial charge in [-0.15, -0.1) is 5.10 Å². The lowest BCUT2D eigenvalue weighted by Gasteiger charge is -2.41. The second-order valence-electron chi connectivity index (χ2n) is 7.14. The summed E-state index contributed by atoms with van der Waals surface area (Å²) < 4.78 is 85.9. The number of halogens is 6. The first kappa shape index (κ1) is 20.1. The third kappa shape index (κ3) is 3.83. The highest BCUT2D eigenvalue weighted by molar-refractivity contribution is 5.24. The molecule has 1 fully saturated rings. The number of rotatable bonds is 2. The van der Waals surface area contributed by atoms with E-state index in [4.69, 9.17) is 10.5 Å². The predicted octanol–water partition coefficient (Wildman–Crippen LogP) is 2.39. The molecule has 2 aromatic rings. The van der Waals surface area contributed by atoms with Crippen LogP contribution in [0.5, 0.6) is 0 Å². The van der Waals surface area contributed by atoms with E-state index in [0.29, 0.717) is 19.0 Å². The van der Waals surface area contributed by atoms with Crippen LogP contribution < -0.4 is 5.73 Å². The quantitative estimate of drug-likeness (QED) is 0.596. The van der Waals surface area contributed by atoms with Crippen molar-refractivity contribution in [1.82, 2.24) is 19.7 Å². The SMILES string of the molecule is NC1CC(N2CCn3nc(C(F)(F)F)nc3C2)COC1c1cc(F)c(F)cc1F. The second-order valence-corrected chi connectivity index (χ2v) is 7.14. The van der Waals surface area contributed by atoms with Crippen LogP contribution in [0.25, 0.3) is 0 Å². The van der Waals surface area contributed by atoms with Crippen molar-refractivity contribution >= 4 is 0 Å². The van der Waals surface area contributed by atoms with Gasteiger partial charge in [-0.25, -0.2) is 22.8 Å². The first-order valence-electron chi connectivity index (χ1n) is 8.90. The Hall–Kier alpha value is -2.18. The molecule has 0 bridgehead atoms. The standard InChI is InChI=1S/C17H17F6N5O/c18-10-5-12(20)11(19)4-9(10)15-13(24)3-8(7-29-15)27-1-2-28-14(6-27)25-16(26-28)17(21,22)23/h4-5,8,13,15H,1-3,6-7,24H2. The molecule has 2 aliphatic rings. The molecule has 6 nitrogen and oxygen atoms in total. The molecule has 0 amide bonds. The maximum absolute atomic E-state index is 14.0. The van der Waals surface area contributed by atoms with Gasteiger partial charge in [0, 0.05) is 30.3 Å². The Morgan fingerprint density at radius 3 is 2.48 bits per heavy atom. The van der Waals surface area contributed by atoms with Crippen molar-refractivity contribution in [2.45, 2.75) is 43.9 Å². The lowest BCUT2D eigenvalue weighted by molar-refractivity contribution is -0.145. The Balaban J connectivity index is 1.46. The van der Waals surface area contributed by atoms with Gasteiger partial charge in [0.05, 0.1) is 19.7 Å².